The third-order valence-electron chi connectivity index (χ3n) is 3.51. The Bertz CT molecular complexity index is 432. The van der Waals surface area contributed by atoms with Crippen molar-refractivity contribution in [2.24, 2.45) is 0 Å². The highest BCUT2D eigenvalue weighted by Crippen LogP contribution is 2.33. The van der Waals surface area contributed by atoms with E-state index in [1.807, 2.05) is 37.3 Å². The Morgan fingerprint density at radius 1 is 1.38 bits per heavy atom. The number of benzene rings is 1. The van der Waals surface area contributed by atoms with Gasteiger partial charge in [0.25, 0.3) is 6.43 Å². The monoisotopic (exact) mass is 301 g/mol. The fourth-order valence-corrected chi connectivity index (χ4v) is 2.50. The molecule has 0 spiro atoms. The molecule has 1 aromatic rings. The van der Waals surface area contributed by atoms with Crippen LogP contribution in [0.3, 0.4) is 0 Å². The molecule has 1 aromatic carbocycles. The van der Waals surface area contributed by atoms with Crippen molar-refractivity contribution < 1.29 is 23.4 Å². The van der Waals surface area contributed by atoms with Gasteiger partial charge in [0, 0.05) is 18.7 Å². The van der Waals surface area contributed by atoms with Crippen LogP contribution in [0.1, 0.15) is 12.5 Å². The lowest BCUT2D eigenvalue weighted by molar-refractivity contribution is -0.164. The van der Waals surface area contributed by atoms with Crippen molar-refractivity contribution in [1.82, 2.24) is 4.90 Å². The summed E-state index contributed by atoms with van der Waals surface area (Å²) in [6, 6.07) is 9.52. The van der Waals surface area contributed by atoms with Gasteiger partial charge in [0.05, 0.1) is 25.9 Å². The first kappa shape index (κ1) is 16.3. The lowest BCUT2D eigenvalue weighted by Gasteiger charge is -2.26. The lowest BCUT2D eigenvalue weighted by atomic mass is 10.1. The first-order valence-electron chi connectivity index (χ1n) is 7.02. The fraction of sp³-hybridized carbons (Fsp3) is 0.600. The van der Waals surface area contributed by atoms with E-state index in [-0.39, 0.29) is 25.8 Å². The third kappa shape index (κ3) is 4.44. The van der Waals surface area contributed by atoms with Crippen molar-refractivity contribution in [3.05, 3.63) is 35.9 Å². The summed E-state index contributed by atoms with van der Waals surface area (Å²) in [6.07, 6.45) is -2.72. The highest BCUT2D eigenvalue weighted by atomic mass is 19.3. The molecule has 118 valence electrons. The number of ether oxygens (including phenoxy) is 2. The highest BCUT2D eigenvalue weighted by molar-refractivity contribution is 5.20. The second-order valence-electron chi connectivity index (χ2n) is 5.24. The van der Waals surface area contributed by atoms with Crippen LogP contribution in [-0.4, -0.2) is 55.4 Å². The van der Waals surface area contributed by atoms with E-state index in [2.05, 4.69) is 0 Å². The number of hydrogen-bond acceptors (Lipinski definition) is 4. The summed E-state index contributed by atoms with van der Waals surface area (Å²) < 4.78 is 36.6. The van der Waals surface area contributed by atoms with Crippen LogP contribution in [0.25, 0.3) is 0 Å². The van der Waals surface area contributed by atoms with E-state index >= 15 is 0 Å². The smallest absolute Gasteiger partial charge is 0.251 e. The van der Waals surface area contributed by atoms with Crippen LogP contribution >= 0.6 is 0 Å². The summed E-state index contributed by atoms with van der Waals surface area (Å²) in [5.74, 6) is -0.846. The topological polar surface area (TPSA) is 41.9 Å². The fourth-order valence-electron chi connectivity index (χ4n) is 2.50. The van der Waals surface area contributed by atoms with Gasteiger partial charge in [-0.2, -0.15) is 0 Å². The first-order valence-corrected chi connectivity index (χ1v) is 7.02. The summed E-state index contributed by atoms with van der Waals surface area (Å²) in [6.45, 7) is 2.15. The van der Waals surface area contributed by atoms with Crippen molar-refractivity contribution in [3.8, 4) is 0 Å². The normalized spacial score (nSPS) is 25.9. The molecule has 0 radical (unpaired) electrons. The number of alkyl halides is 2. The van der Waals surface area contributed by atoms with Crippen LogP contribution in [0.4, 0.5) is 8.78 Å². The molecule has 0 aliphatic carbocycles. The number of rotatable bonds is 7. The van der Waals surface area contributed by atoms with Gasteiger partial charge in [-0.25, -0.2) is 8.78 Å². The zero-order valence-electron chi connectivity index (χ0n) is 12.0. The van der Waals surface area contributed by atoms with Gasteiger partial charge < -0.3 is 14.6 Å². The molecule has 2 unspecified atom stereocenters. The van der Waals surface area contributed by atoms with Crippen molar-refractivity contribution in [2.75, 3.05) is 32.8 Å². The van der Waals surface area contributed by atoms with E-state index < -0.39 is 12.2 Å². The minimum absolute atomic E-state index is 0.156. The number of aliphatic hydroxyl groups excluding tert-OH is 1. The zero-order valence-corrected chi connectivity index (χ0v) is 12.0. The minimum Gasteiger partial charge on any atom is -0.395 e. The van der Waals surface area contributed by atoms with Gasteiger partial charge in [-0.15, -0.1) is 0 Å². The van der Waals surface area contributed by atoms with Gasteiger partial charge in [0.1, 0.15) is 0 Å². The van der Waals surface area contributed by atoms with Crippen molar-refractivity contribution >= 4 is 0 Å². The molecule has 0 saturated carbocycles. The predicted molar refractivity (Wildman–Crippen MR) is 74.1 cm³/mol. The summed E-state index contributed by atoms with van der Waals surface area (Å²) in [5.41, 5.74) is 0.898. The highest BCUT2D eigenvalue weighted by Gasteiger charge is 2.39. The molecule has 0 bridgehead atoms. The number of aliphatic hydroxyl groups is 1. The second-order valence-corrected chi connectivity index (χ2v) is 5.24. The van der Waals surface area contributed by atoms with Crippen LogP contribution < -0.4 is 0 Å². The molecule has 2 rings (SSSR count). The molecule has 1 aliphatic rings. The van der Waals surface area contributed by atoms with Gasteiger partial charge in [-0.3, -0.25) is 4.90 Å². The number of hydrogen-bond donors (Lipinski definition) is 1. The Hall–Kier alpha value is -1.08. The predicted octanol–water partition coefficient (Wildman–Crippen LogP) is 1.83. The molecule has 2 atom stereocenters. The van der Waals surface area contributed by atoms with Gasteiger partial charge in [-0.1, -0.05) is 30.3 Å². The van der Waals surface area contributed by atoms with Crippen molar-refractivity contribution in [2.45, 2.75) is 25.2 Å². The summed E-state index contributed by atoms with van der Waals surface area (Å²) in [4.78, 5) is 1.50. The molecule has 1 N–H and O–H groups in total. The molecule has 0 aromatic heterocycles. The molecule has 21 heavy (non-hydrogen) atoms. The average molecular weight is 301 g/mol. The zero-order chi connectivity index (χ0) is 15.3. The molecule has 1 aliphatic heterocycles. The Kier molecular flexibility index (Phi) is 5.64. The molecule has 1 heterocycles. The summed E-state index contributed by atoms with van der Waals surface area (Å²) in [5, 5.41) is 8.95. The van der Waals surface area contributed by atoms with Crippen molar-refractivity contribution in [1.29, 1.82) is 0 Å². The molecular weight excluding hydrogens is 280 g/mol. The Morgan fingerprint density at radius 2 is 2.10 bits per heavy atom. The SMILES string of the molecule is CC1(c2ccccc2)OCC(CN(CCO)CC(F)F)O1. The van der Waals surface area contributed by atoms with E-state index in [0.717, 1.165) is 5.56 Å². The Labute approximate surface area is 123 Å². The molecule has 1 saturated heterocycles. The molecule has 1 fully saturated rings. The van der Waals surface area contributed by atoms with Crippen molar-refractivity contribution in [3.63, 3.8) is 0 Å². The van der Waals surface area contributed by atoms with E-state index in [1.165, 1.54) is 4.90 Å². The summed E-state index contributed by atoms with van der Waals surface area (Å²) in [7, 11) is 0. The van der Waals surface area contributed by atoms with Gasteiger partial charge in [-0.05, 0) is 6.92 Å². The Balaban J connectivity index is 1.95. The van der Waals surface area contributed by atoms with E-state index in [9.17, 15) is 8.78 Å². The first-order chi connectivity index (χ1) is 10.0. The minimum atomic E-state index is -2.43. The Morgan fingerprint density at radius 3 is 2.71 bits per heavy atom. The number of halogens is 2. The maximum Gasteiger partial charge on any atom is 0.251 e. The summed E-state index contributed by atoms with van der Waals surface area (Å²) >= 11 is 0. The largest absolute Gasteiger partial charge is 0.395 e. The van der Waals surface area contributed by atoms with Crippen LogP contribution in [0.5, 0.6) is 0 Å². The van der Waals surface area contributed by atoms with Crippen LogP contribution in [0.2, 0.25) is 0 Å². The van der Waals surface area contributed by atoms with Crippen LogP contribution in [0.15, 0.2) is 30.3 Å². The van der Waals surface area contributed by atoms with Gasteiger partial charge in [0.15, 0.2) is 5.79 Å². The lowest BCUT2D eigenvalue weighted by Crippen LogP contribution is -2.39. The third-order valence-corrected chi connectivity index (χ3v) is 3.51. The maximum absolute atomic E-state index is 12.5. The standard InChI is InChI=1S/C15H21F2NO3/c1-15(12-5-3-2-4-6-12)20-11-13(21-15)9-18(7-8-19)10-14(16)17/h2-6,13-14,19H,7-11H2,1H3. The quantitative estimate of drug-likeness (QED) is 0.834. The van der Waals surface area contributed by atoms with Gasteiger partial charge >= 0.3 is 0 Å². The van der Waals surface area contributed by atoms with Gasteiger partial charge in [0.2, 0.25) is 0 Å². The molecule has 6 heteroatoms. The van der Waals surface area contributed by atoms with Crippen LogP contribution in [-0.2, 0) is 15.3 Å². The second kappa shape index (κ2) is 7.26. The number of nitrogens with zero attached hydrogens (tertiary/aromatic N) is 1. The molecule has 0 amide bonds. The van der Waals surface area contributed by atoms with E-state index in [0.29, 0.717) is 13.2 Å². The molecule has 4 nitrogen and oxygen atoms in total. The average Bonchev–Trinajstić information content (AvgIpc) is 2.82. The van der Waals surface area contributed by atoms with E-state index in [1.54, 1.807) is 0 Å². The molecular formula is C15H21F2NO3. The van der Waals surface area contributed by atoms with Crippen LogP contribution in [0, 0.1) is 0 Å². The van der Waals surface area contributed by atoms with E-state index in [4.69, 9.17) is 14.6 Å². The maximum atomic E-state index is 12.5.